The van der Waals surface area contributed by atoms with Crippen molar-refractivity contribution in [3.8, 4) is 24.2 Å². The van der Waals surface area contributed by atoms with Gasteiger partial charge < -0.3 is 4.70 Å². The molecule has 0 aliphatic carbocycles. The van der Waals surface area contributed by atoms with Crippen LogP contribution in [0.3, 0.4) is 0 Å². The van der Waals surface area contributed by atoms with Crippen LogP contribution < -0.4 is 67.5 Å². The van der Waals surface area contributed by atoms with Gasteiger partial charge in [-0.3, -0.25) is 19.1 Å². The molecule has 0 radical (unpaired) electrons. The number of halogens is 1. The Morgan fingerprint density at radius 2 is 1.24 bits per heavy atom. The van der Waals surface area contributed by atoms with E-state index in [0.29, 0.717) is 34.0 Å². The molecule has 0 saturated carbocycles. The van der Waals surface area contributed by atoms with Gasteiger partial charge in [-0.05, 0) is 44.4 Å². The van der Waals surface area contributed by atoms with Crippen LogP contribution in [0, 0.1) is 24.2 Å². The maximum absolute atomic E-state index is 12.0. The van der Waals surface area contributed by atoms with Gasteiger partial charge in [-0.1, -0.05) is 33.6 Å². The van der Waals surface area contributed by atoms with Crippen molar-refractivity contribution in [1.82, 2.24) is 39.0 Å². The third kappa shape index (κ3) is 7.03. The monoisotopic (exact) mass is 532 g/mol. The Morgan fingerprint density at radius 3 is 1.62 bits per heavy atom. The third-order valence-electron chi connectivity index (χ3n) is 5.87. The fourth-order valence-electron chi connectivity index (χ4n) is 4.03. The number of hydrogen-bond acceptors (Lipinski definition) is 6. The normalized spacial score (nSPS) is 10.2. The molecular weight excluding hydrogens is 502 g/mol. The summed E-state index contributed by atoms with van der Waals surface area (Å²) >= 11 is 0. The molecule has 0 fully saturated rings. The number of hydrogen-bond donors (Lipinski definition) is 2. The molecule has 12 heteroatoms. The standard InChI is InChI=1S/C13H16N4O.C12H14N4O.FH.K/c1-4-7-9-8-14-11-12(15-9)17(13(18)16-11)10(5-2)6-3;1-4-8-7-13-10-11(14-8)16(12(17)15-10)9(5-2)6-3;;/h8,10H,5-6H2,1-3H3,(H,14,16,18);1,7,9H,5-6H2,2-3H3,(H,13,15,17);1H;/q;;;+1/p-1. The molecule has 4 aromatic rings. The molecule has 2 N–H and O–H groups in total. The minimum Gasteiger partial charge on any atom is -1.00 e. The SMILES string of the molecule is C#Cc1cnc2[nH]c(=O)n(C(CC)CC)c2n1.CC#Cc1cnc2[nH]c(=O)n(C(CC)CC)c2n1.[F-].[K+]. The number of terminal acetylenes is 1. The first-order chi connectivity index (χ1) is 16.9. The van der Waals surface area contributed by atoms with E-state index in [-0.39, 0.29) is 79.6 Å². The van der Waals surface area contributed by atoms with E-state index < -0.39 is 0 Å². The molecule has 0 unspecified atom stereocenters. The van der Waals surface area contributed by atoms with E-state index in [1.165, 1.54) is 6.20 Å². The van der Waals surface area contributed by atoms with Gasteiger partial charge in [0.2, 0.25) is 0 Å². The van der Waals surface area contributed by atoms with Gasteiger partial charge in [-0.15, -0.1) is 6.42 Å². The second-order valence-corrected chi connectivity index (χ2v) is 7.92. The van der Waals surface area contributed by atoms with Crippen LogP contribution >= 0.6 is 0 Å². The molecule has 0 saturated heterocycles. The van der Waals surface area contributed by atoms with Crippen LogP contribution in [-0.4, -0.2) is 39.0 Å². The molecule has 37 heavy (non-hydrogen) atoms. The van der Waals surface area contributed by atoms with Crippen LogP contribution in [0.2, 0.25) is 0 Å². The van der Waals surface area contributed by atoms with Crippen LogP contribution in [-0.2, 0) is 0 Å². The van der Waals surface area contributed by atoms with Gasteiger partial charge in [0.05, 0.1) is 12.4 Å². The van der Waals surface area contributed by atoms with Crippen LogP contribution in [0.1, 0.15) is 83.8 Å². The minimum absolute atomic E-state index is 0. The van der Waals surface area contributed by atoms with E-state index in [1.807, 2.05) is 13.8 Å². The Labute approximate surface area is 256 Å². The molecule has 0 aliphatic heterocycles. The largest absolute Gasteiger partial charge is 1.00 e. The van der Waals surface area contributed by atoms with Crippen molar-refractivity contribution >= 4 is 22.6 Å². The number of aromatic amines is 2. The molecule has 0 amide bonds. The van der Waals surface area contributed by atoms with Gasteiger partial charge in [0.15, 0.2) is 22.6 Å². The summed E-state index contributed by atoms with van der Waals surface area (Å²) in [5, 5.41) is 0. The van der Waals surface area contributed by atoms with E-state index in [2.05, 4.69) is 61.5 Å². The molecule has 10 nitrogen and oxygen atoms in total. The van der Waals surface area contributed by atoms with Crippen molar-refractivity contribution in [2.24, 2.45) is 0 Å². The van der Waals surface area contributed by atoms with E-state index in [9.17, 15) is 9.59 Å². The molecule has 190 valence electrons. The maximum atomic E-state index is 12.0. The quantitative estimate of drug-likeness (QED) is 0.206. The van der Waals surface area contributed by atoms with Crippen LogP contribution in [0.5, 0.6) is 0 Å². The van der Waals surface area contributed by atoms with Gasteiger partial charge in [-0.2, -0.15) is 0 Å². The Bertz CT molecular complexity index is 1540. The molecule has 4 heterocycles. The van der Waals surface area contributed by atoms with Gasteiger partial charge in [-0.25, -0.2) is 29.5 Å². The summed E-state index contributed by atoms with van der Waals surface area (Å²) in [5.74, 6) is 8.07. The summed E-state index contributed by atoms with van der Waals surface area (Å²) in [6, 6.07) is 0.268. The smallest absolute Gasteiger partial charge is 1.00 e. The topological polar surface area (TPSA) is 127 Å². The Balaban J connectivity index is 0.000000351. The Hall–Kier alpha value is -2.61. The predicted molar refractivity (Wildman–Crippen MR) is 136 cm³/mol. The molecule has 0 bridgehead atoms. The molecule has 0 aliphatic rings. The zero-order chi connectivity index (χ0) is 25.5. The minimum atomic E-state index is -0.178. The van der Waals surface area contributed by atoms with E-state index in [0.717, 1.165) is 25.7 Å². The molecular formula is C25H30FKN8O2. The summed E-state index contributed by atoms with van der Waals surface area (Å²) < 4.78 is 3.33. The van der Waals surface area contributed by atoms with Gasteiger partial charge in [0.1, 0.15) is 11.4 Å². The average molecular weight is 533 g/mol. The van der Waals surface area contributed by atoms with Crippen molar-refractivity contribution in [2.45, 2.75) is 72.4 Å². The van der Waals surface area contributed by atoms with Gasteiger partial charge >= 0.3 is 62.8 Å². The number of H-pyrrole nitrogens is 2. The predicted octanol–water partition coefficient (Wildman–Crippen LogP) is -2.68. The van der Waals surface area contributed by atoms with E-state index in [1.54, 1.807) is 22.3 Å². The first kappa shape index (κ1) is 32.4. The van der Waals surface area contributed by atoms with Crippen molar-refractivity contribution in [3.05, 3.63) is 44.8 Å². The molecule has 4 aromatic heterocycles. The maximum Gasteiger partial charge on any atom is 1.00 e. The molecule has 4 rings (SSSR count). The third-order valence-corrected chi connectivity index (χ3v) is 5.87. The average Bonchev–Trinajstić information content (AvgIpc) is 3.37. The second kappa shape index (κ2) is 15.0. The Kier molecular flexibility index (Phi) is 13.1. The number of nitrogens with one attached hydrogen (secondary N) is 2. The van der Waals surface area contributed by atoms with Crippen LogP contribution in [0.25, 0.3) is 22.6 Å². The van der Waals surface area contributed by atoms with Gasteiger partial charge in [0, 0.05) is 12.1 Å². The number of fused-ring (bicyclic) bond motifs is 2. The molecule has 0 aromatic carbocycles. The van der Waals surface area contributed by atoms with Crippen molar-refractivity contribution < 1.29 is 56.1 Å². The van der Waals surface area contributed by atoms with E-state index in [4.69, 9.17) is 6.42 Å². The summed E-state index contributed by atoms with van der Waals surface area (Å²) in [6.07, 6.45) is 11.8. The number of rotatable bonds is 6. The van der Waals surface area contributed by atoms with E-state index >= 15 is 0 Å². The summed E-state index contributed by atoms with van der Waals surface area (Å²) in [5.41, 5.74) is 2.84. The van der Waals surface area contributed by atoms with Crippen molar-refractivity contribution in [3.63, 3.8) is 0 Å². The fourth-order valence-corrected chi connectivity index (χ4v) is 4.03. The van der Waals surface area contributed by atoms with Crippen LogP contribution in [0.4, 0.5) is 0 Å². The zero-order valence-electron chi connectivity index (χ0n) is 22.1. The van der Waals surface area contributed by atoms with Crippen LogP contribution in [0.15, 0.2) is 22.0 Å². The number of nitrogens with zero attached hydrogens (tertiary/aromatic N) is 6. The van der Waals surface area contributed by atoms with Gasteiger partial charge in [0.25, 0.3) is 0 Å². The summed E-state index contributed by atoms with van der Waals surface area (Å²) in [6.45, 7) is 9.94. The second-order valence-electron chi connectivity index (χ2n) is 7.92. The number of aromatic nitrogens is 8. The molecule has 0 atom stereocenters. The summed E-state index contributed by atoms with van der Waals surface area (Å²) in [4.78, 5) is 46.2. The summed E-state index contributed by atoms with van der Waals surface area (Å²) in [7, 11) is 0. The first-order valence-electron chi connectivity index (χ1n) is 11.8. The number of imidazole rings is 2. The first-order valence-corrected chi connectivity index (χ1v) is 11.8. The van der Waals surface area contributed by atoms with Crippen molar-refractivity contribution in [2.75, 3.05) is 0 Å². The zero-order valence-corrected chi connectivity index (χ0v) is 25.2. The molecule has 0 spiro atoms. The Morgan fingerprint density at radius 1 is 0.838 bits per heavy atom. The van der Waals surface area contributed by atoms with Crippen molar-refractivity contribution in [1.29, 1.82) is 0 Å². The fraction of sp³-hybridized carbons (Fsp3) is 0.440.